The van der Waals surface area contributed by atoms with Crippen molar-refractivity contribution in [1.82, 2.24) is 9.78 Å². The number of aromatic nitrogens is 2. The van der Waals surface area contributed by atoms with Gasteiger partial charge in [0.25, 0.3) is 0 Å². The highest BCUT2D eigenvalue weighted by Crippen LogP contribution is 2.40. The van der Waals surface area contributed by atoms with Crippen LogP contribution in [0.3, 0.4) is 0 Å². The van der Waals surface area contributed by atoms with Crippen LogP contribution in [-0.2, 0) is 18.5 Å². The highest BCUT2D eigenvalue weighted by Gasteiger charge is 2.38. The Kier molecular flexibility index (Phi) is 5.90. The van der Waals surface area contributed by atoms with E-state index in [0.717, 1.165) is 35.0 Å². The van der Waals surface area contributed by atoms with E-state index in [1.807, 2.05) is 0 Å². The molecule has 0 amide bonds. The molecule has 35 heavy (non-hydrogen) atoms. The predicted molar refractivity (Wildman–Crippen MR) is 109 cm³/mol. The van der Waals surface area contributed by atoms with Crippen LogP contribution in [0.4, 0.5) is 39.5 Å². The first-order chi connectivity index (χ1) is 16.2. The molecule has 0 aliphatic carbocycles. The van der Waals surface area contributed by atoms with Crippen molar-refractivity contribution in [1.29, 1.82) is 0 Å². The highest BCUT2D eigenvalue weighted by molar-refractivity contribution is 5.69. The maximum atomic E-state index is 13.5. The number of hydrogen-bond acceptors (Lipinski definition) is 1. The Morgan fingerprint density at radius 3 is 1.83 bits per heavy atom. The molecule has 0 N–H and O–H groups in total. The molecule has 0 aliphatic heterocycles. The lowest BCUT2D eigenvalue weighted by Crippen LogP contribution is -2.09. The molecule has 182 valence electrons. The van der Waals surface area contributed by atoms with Crippen molar-refractivity contribution < 1.29 is 39.5 Å². The van der Waals surface area contributed by atoms with E-state index in [-0.39, 0.29) is 11.3 Å². The lowest BCUT2D eigenvalue weighted by molar-refractivity contribution is -0.141. The summed E-state index contributed by atoms with van der Waals surface area (Å²) in [5.74, 6) is 0. The second kappa shape index (κ2) is 8.47. The molecule has 4 rings (SSSR count). The summed E-state index contributed by atoms with van der Waals surface area (Å²) in [6.07, 6.45) is -14.3. The largest absolute Gasteiger partial charge is 0.435 e. The average Bonchev–Trinajstić information content (AvgIpc) is 3.24. The molecule has 0 saturated heterocycles. The van der Waals surface area contributed by atoms with Crippen molar-refractivity contribution in [3.63, 3.8) is 0 Å². The van der Waals surface area contributed by atoms with Crippen LogP contribution < -0.4 is 0 Å². The average molecular weight is 500 g/mol. The van der Waals surface area contributed by atoms with Crippen LogP contribution in [-0.4, -0.2) is 9.78 Å². The molecule has 0 aliphatic rings. The van der Waals surface area contributed by atoms with Gasteiger partial charge in [0, 0.05) is 5.56 Å². The number of benzene rings is 3. The first-order valence-electron chi connectivity index (χ1n) is 9.87. The maximum Gasteiger partial charge on any atom is 0.435 e. The third-order valence-corrected chi connectivity index (χ3v) is 5.14. The first kappa shape index (κ1) is 24.4. The van der Waals surface area contributed by atoms with E-state index in [1.165, 1.54) is 42.5 Å². The Hall–Kier alpha value is -3.76. The summed E-state index contributed by atoms with van der Waals surface area (Å²) in [7, 11) is 0. The Labute approximate surface area is 192 Å². The van der Waals surface area contributed by atoms with E-state index in [9.17, 15) is 39.5 Å². The topological polar surface area (TPSA) is 17.8 Å². The highest BCUT2D eigenvalue weighted by atomic mass is 19.4. The summed E-state index contributed by atoms with van der Waals surface area (Å²) < 4.78 is 120. The summed E-state index contributed by atoms with van der Waals surface area (Å²) in [6, 6.07) is 14.3. The summed E-state index contributed by atoms with van der Waals surface area (Å²) in [4.78, 5) is 0. The van der Waals surface area contributed by atoms with Crippen LogP contribution in [0, 0.1) is 0 Å². The van der Waals surface area contributed by atoms with Gasteiger partial charge in [-0.3, -0.25) is 0 Å². The van der Waals surface area contributed by atoms with Crippen molar-refractivity contribution >= 4 is 0 Å². The minimum absolute atomic E-state index is 0.0109. The monoisotopic (exact) mass is 500 g/mol. The Morgan fingerprint density at radius 1 is 0.571 bits per heavy atom. The maximum absolute atomic E-state index is 13.5. The van der Waals surface area contributed by atoms with Gasteiger partial charge in [0.15, 0.2) is 5.69 Å². The van der Waals surface area contributed by atoms with Crippen LogP contribution in [0.1, 0.15) is 16.8 Å². The molecular weight excluding hydrogens is 487 g/mol. The SMILES string of the molecule is FC(F)(F)c1cccc(-c2ccc(-n3nc(C(F)(F)F)cc3-c3ccccc3C(F)(F)F)cc2)c1. The van der Waals surface area contributed by atoms with Gasteiger partial charge in [-0.2, -0.15) is 44.6 Å². The number of halogens is 9. The Balaban J connectivity index is 1.83. The predicted octanol–water partition coefficient (Wildman–Crippen LogP) is 8.26. The van der Waals surface area contributed by atoms with E-state index in [4.69, 9.17) is 0 Å². The van der Waals surface area contributed by atoms with Gasteiger partial charge in [-0.1, -0.05) is 42.5 Å². The zero-order valence-electron chi connectivity index (χ0n) is 17.3. The van der Waals surface area contributed by atoms with Gasteiger partial charge >= 0.3 is 18.5 Å². The van der Waals surface area contributed by atoms with E-state index in [1.54, 1.807) is 0 Å². The third kappa shape index (κ3) is 5.03. The number of hydrogen-bond donors (Lipinski definition) is 0. The number of alkyl halides is 9. The fourth-order valence-electron chi connectivity index (χ4n) is 3.53. The molecule has 0 saturated carbocycles. The van der Waals surface area contributed by atoms with E-state index in [2.05, 4.69) is 5.10 Å². The number of nitrogens with zero attached hydrogens (tertiary/aromatic N) is 2. The minimum atomic E-state index is -4.93. The van der Waals surface area contributed by atoms with Gasteiger partial charge < -0.3 is 0 Å². The van der Waals surface area contributed by atoms with Crippen molar-refractivity contribution in [3.8, 4) is 28.1 Å². The normalized spacial score (nSPS) is 12.7. The molecule has 0 fully saturated rings. The van der Waals surface area contributed by atoms with Crippen molar-refractivity contribution in [3.05, 3.63) is 95.7 Å². The van der Waals surface area contributed by atoms with Gasteiger partial charge in [0.05, 0.1) is 22.5 Å². The lowest BCUT2D eigenvalue weighted by atomic mass is 10.0. The van der Waals surface area contributed by atoms with E-state index >= 15 is 0 Å². The fourth-order valence-corrected chi connectivity index (χ4v) is 3.53. The van der Waals surface area contributed by atoms with E-state index < -0.39 is 46.6 Å². The summed E-state index contributed by atoms with van der Waals surface area (Å²) in [6.45, 7) is 0. The van der Waals surface area contributed by atoms with Crippen LogP contribution >= 0.6 is 0 Å². The standard InChI is InChI=1S/C24H13F9N2/c25-22(26,27)16-5-3-4-15(12-16)14-8-10-17(11-9-14)35-20(13-21(34-35)24(31,32)33)18-6-1-2-7-19(18)23(28,29)30/h1-13H. The van der Waals surface area contributed by atoms with Crippen molar-refractivity contribution in [2.75, 3.05) is 0 Å². The zero-order chi connectivity index (χ0) is 25.6. The second-order valence-electron chi connectivity index (χ2n) is 7.49. The molecule has 0 bridgehead atoms. The minimum Gasteiger partial charge on any atom is -0.232 e. The Bertz CT molecular complexity index is 1350. The van der Waals surface area contributed by atoms with Crippen molar-refractivity contribution in [2.24, 2.45) is 0 Å². The number of rotatable bonds is 3. The third-order valence-electron chi connectivity index (χ3n) is 5.14. The molecule has 11 heteroatoms. The summed E-state index contributed by atoms with van der Waals surface area (Å²) >= 11 is 0. The molecule has 4 aromatic rings. The molecule has 0 spiro atoms. The van der Waals surface area contributed by atoms with Crippen LogP contribution in [0.15, 0.2) is 78.9 Å². The van der Waals surface area contributed by atoms with Crippen LogP contribution in [0.25, 0.3) is 28.1 Å². The quantitative estimate of drug-likeness (QED) is 0.259. The molecule has 0 radical (unpaired) electrons. The fraction of sp³-hybridized carbons (Fsp3) is 0.125. The molecule has 0 unspecified atom stereocenters. The molecule has 1 heterocycles. The second-order valence-corrected chi connectivity index (χ2v) is 7.49. The molecule has 1 aromatic heterocycles. The Morgan fingerprint density at radius 2 is 1.23 bits per heavy atom. The molecule has 3 aromatic carbocycles. The van der Waals surface area contributed by atoms with Gasteiger partial charge in [-0.05, 0) is 47.5 Å². The molecule has 2 nitrogen and oxygen atoms in total. The summed E-state index contributed by atoms with van der Waals surface area (Å²) in [5.41, 5.74) is -3.87. The van der Waals surface area contributed by atoms with Crippen molar-refractivity contribution in [2.45, 2.75) is 18.5 Å². The van der Waals surface area contributed by atoms with Gasteiger partial charge in [-0.25, -0.2) is 4.68 Å². The van der Waals surface area contributed by atoms with Crippen LogP contribution in [0.5, 0.6) is 0 Å². The lowest BCUT2D eigenvalue weighted by Gasteiger charge is -2.14. The zero-order valence-corrected chi connectivity index (χ0v) is 17.3. The first-order valence-corrected chi connectivity index (χ1v) is 9.87. The smallest absolute Gasteiger partial charge is 0.232 e. The molecular formula is C24H13F9N2. The van der Waals surface area contributed by atoms with E-state index in [0.29, 0.717) is 11.6 Å². The molecule has 0 atom stereocenters. The van der Waals surface area contributed by atoms with Gasteiger partial charge in [0.1, 0.15) is 0 Å². The summed E-state index contributed by atoms with van der Waals surface area (Å²) in [5, 5.41) is 3.48. The van der Waals surface area contributed by atoms with Gasteiger partial charge in [0.2, 0.25) is 0 Å². The van der Waals surface area contributed by atoms with Gasteiger partial charge in [-0.15, -0.1) is 0 Å². The van der Waals surface area contributed by atoms with Crippen LogP contribution in [0.2, 0.25) is 0 Å².